The third kappa shape index (κ3) is 1.58. The van der Waals surface area contributed by atoms with Gasteiger partial charge in [-0.2, -0.15) is 0 Å². The molecule has 0 bridgehead atoms. The van der Waals surface area contributed by atoms with Gasteiger partial charge in [-0.1, -0.05) is 30.3 Å². The molecule has 1 aromatic carbocycles. The van der Waals surface area contributed by atoms with Crippen molar-refractivity contribution in [3.63, 3.8) is 0 Å². The number of hydrogen-bond donors (Lipinski definition) is 0. The summed E-state index contributed by atoms with van der Waals surface area (Å²) in [5.74, 6) is 0. The topological polar surface area (TPSA) is 0 Å². The molecule has 9 heavy (non-hydrogen) atoms. The molecule has 1 aromatic rings. The molecule has 0 aromatic heterocycles. The number of rotatable bonds is 1. The summed E-state index contributed by atoms with van der Waals surface area (Å²) in [5, 5.41) is 0.744. The Morgan fingerprint density at radius 1 is 1.22 bits per heavy atom. The van der Waals surface area contributed by atoms with Crippen LogP contribution in [0.25, 0.3) is 0 Å². The van der Waals surface area contributed by atoms with Gasteiger partial charge in [0.15, 0.2) is 0 Å². The fourth-order valence-corrected chi connectivity index (χ4v) is 0.694. The molecular formula is C8H6Cl. The molecule has 0 heterocycles. The highest BCUT2D eigenvalue weighted by molar-refractivity contribution is 6.30. The monoisotopic (exact) mass is 137 g/mol. The van der Waals surface area contributed by atoms with Crippen LogP contribution in [-0.4, -0.2) is 0 Å². The second-order valence-corrected chi connectivity index (χ2v) is 2.12. The molecular weight excluding hydrogens is 132 g/mol. The van der Waals surface area contributed by atoms with E-state index in [0.29, 0.717) is 0 Å². The second-order valence-electron chi connectivity index (χ2n) is 1.68. The molecule has 0 nitrogen and oxygen atoms in total. The van der Waals surface area contributed by atoms with Crippen LogP contribution in [0.15, 0.2) is 30.8 Å². The quantitative estimate of drug-likeness (QED) is 0.558. The second kappa shape index (κ2) is 2.70. The lowest BCUT2D eigenvalue weighted by molar-refractivity contribution is 1.59. The zero-order chi connectivity index (χ0) is 6.69. The van der Waals surface area contributed by atoms with Gasteiger partial charge in [-0.05, 0) is 23.8 Å². The zero-order valence-corrected chi connectivity index (χ0v) is 5.65. The van der Waals surface area contributed by atoms with Crippen LogP contribution < -0.4 is 0 Å². The van der Waals surface area contributed by atoms with E-state index in [-0.39, 0.29) is 0 Å². The van der Waals surface area contributed by atoms with Gasteiger partial charge in [-0.15, -0.1) is 0 Å². The predicted molar refractivity (Wildman–Crippen MR) is 39.4 cm³/mol. The van der Waals surface area contributed by atoms with E-state index in [9.17, 15) is 0 Å². The fraction of sp³-hybridized carbons (Fsp3) is 0. The first-order chi connectivity index (χ1) is 4.33. The number of halogens is 1. The first-order valence-electron chi connectivity index (χ1n) is 2.61. The number of hydrogen-bond acceptors (Lipinski definition) is 0. The van der Waals surface area contributed by atoms with Crippen molar-refractivity contribution in [2.45, 2.75) is 0 Å². The average molecular weight is 138 g/mol. The van der Waals surface area contributed by atoms with Crippen LogP contribution in [0.1, 0.15) is 5.56 Å². The molecule has 0 spiro atoms. The molecule has 1 heteroatoms. The van der Waals surface area contributed by atoms with E-state index < -0.39 is 0 Å². The summed E-state index contributed by atoms with van der Waals surface area (Å²) in [7, 11) is 0. The SMILES string of the molecule is C=[C]c1ccc(Cl)cc1. The number of benzene rings is 1. The summed E-state index contributed by atoms with van der Waals surface area (Å²) < 4.78 is 0. The summed E-state index contributed by atoms with van der Waals surface area (Å²) in [6.45, 7) is 3.49. The van der Waals surface area contributed by atoms with Crippen LogP contribution in [-0.2, 0) is 0 Å². The van der Waals surface area contributed by atoms with Gasteiger partial charge in [0.25, 0.3) is 0 Å². The Bertz CT molecular complexity index is 198. The van der Waals surface area contributed by atoms with E-state index in [1.165, 1.54) is 0 Å². The standard InChI is InChI=1S/C8H6Cl/c1-2-7-3-5-8(9)6-4-7/h3-6H,1H2. The van der Waals surface area contributed by atoms with Crippen molar-refractivity contribution in [3.8, 4) is 0 Å². The molecule has 0 aliphatic carbocycles. The van der Waals surface area contributed by atoms with E-state index >= 15 is 0 Å². The van der Waals surface area contributed by atoms with Crippen molar-refractivity contribution in [3.05, 3.63) is 47.5 Å². The summed E-state index contributed by atoms with van der Waals surface area (Å²) in [6, 6.07) is 7.37. The molecule has 0 N–H and O–H groups in total. The van der Waals surface area contributed by atoms with Gasteiger partial charge in [0.2, 0.25) is 0 Å². The van der Waals surface area contributed by atoms with Crippen molar-refractivity contribution in [2.24, 2.45) is 0 Å². The third-order valence-electron chi connectivity index (χ3n) is 1.05. The van der Waals surface area contributed by atoms with E-state index in [4.69, 9.17) is 11.6 Å². The minimum absolute atomic E-state index is 0.744. The van der Waals surface area contributed by atoms with Crippen molar-refractivity contribution in [1.29, 1.82) is 0 Å². The van der Waals surface area contributed by atoms with E-state index in [0.717, 1.165) is 10.6 Å². The Morgan fingerprint density at radius 2 is 1.78 bits per heavy atom. The molecule has 0 amide bonds. The Hall–Kier alpha value is -0.750. The highest BCUT2D eigenvalue weighted by atomic mass is 35.5. The van der Waals surface area contributed by atoms with Gasteiger partial charge in [-0.25, -0.2) is 0 Å². The molecule has 0 aliphatic rings. The van der Waals surface area contributed by atoms with Gasteiger partial charge in [0, 0.05) is 5.02 Å². The molecule has 0 saturated heterocycles. The smallest absolute Gasteiger partial charge is 0.0406 e. The maximum absolute atomic E-state index is 5.62. The lowest BCUT2D eigenvalue weighted by Gasteiger charge is -1.89. The van der Waals surface area contributed by atoms with Gasteiger partial charge in [-0.3, -0.25) is 0 Å². The summed E-state index contributed by atoms with van der Waals surface area (Å²) >= 11 is 5.62. The van der Waals surface area contributed by atoms with E-state index in [2.05, 4.69) is 12.7 Å². The lowest BCUT2D eigenvalue weighted by Crippen LogP contribution is -1.69. The highest BCUT2D eigenvalue weighted by Crippen LogP contribution is 2.08. The Labute approximate surface area is 59.8 Å². The van der Waals surface area contributed by atoms with Crippen LogP contribution >= 0.6 is 11.6 Å². The van der Waals surface area contributed by atoms with Crippen molar-refractivity contribution in [2.75, 3.05) is 0 Å². The van der Waals surface area contributed by atoms with Crippen molar-refractivity contribution >= 4 is 11.6 Å². The first kappa shape index (κ1) is 6.37. The Balaban J connectivity index is 3.01. The van der Waals surface area contributed by atoms with Gasteiger partial charge in [0.05, 0.1) is 0 Å². The van der Waals surface area contributed by atoms with Crippen LogP contribution in [0.3, 0.4) is 0 Å². The van der Waals surface area contributed by atoms with Crippen LogP contribution in [0, 0.1) is 6.08 Å². The first-order valence-corrected chi connectivity index (χ1v) is 2.99. The summed E-state index contributed by atoms with van der Waals surface area (Å²) in [4.78, 5) is 0. The predicted octanol–water partition coefficient (Wildman–Crippen LogP) is 2.68. The fourth-order valence-electron chi connectivity index (χ4n) is 0.568. The molecule has 0 aliphatic heterocycles. The van der Waals surface area contributed by atoms with Crippen molar-refractivity contribution < 1.29 is 0 Å². The van der Waals surface area contributed by atoms with Crippen LogP contribution in [0.5, 0.6) is 0 Å². The normalized spacial score (nSPS) is 9.00. The molecule has 45 valence electrons. The Kier molecular flexibility index (Phi) is 1.91. The third-order valence-corrected chi connectivity index (χ3v) is 1.30. The summed E-state index contributed by atoms with van der Waals surface area (Å²) in [6.07, 6.45) is 2.75. The zero-order valence-electron chi connectivity index (χ0n) is 4.89. The minimum atomic E-state index is 0.744. The molecule has 0 fully saturated rings. The highest BCUT2D eigenvalue weighted by Gasteiger charge is 1.84. The van der Waals surface area contributed by atoms with Crippen molar-refractivity contribution in [1.82, 2.24) is 0 Å². The van der Waals surface area contributed by atoms with Gasteiger partial charge >= 0.3 is 0 Å². The largest absolute Gasteiger partial charge is 0.0906 e. The molecule has 0 atom stereocenters. The molecule has 0 unspecified atom stereocenters. The molecule has 1 radical (unpaired) electrons. The molecule has 1 rings (SSSR count). The summed E-state index contributed by atoms with van der Waals surface area (Å²) in [5.41, 5.74) is 0.972. The van der Waals surface area contributed by atoms with Crippen LogP contribution in [0.4, 0.5) is 0 Å². The minimum Gasteiger partial charge on any atom is -0.0906 e. The van der Waals surface area contributed by atoms with E-state index in [1.54, 1.807) is 0 Å². The average Bonchev–Trinajstić information content (AvgIpc) is 1.90. The van der Waals surface area contributed by atoms with E-state index in [1.807, 2.05) is 24.3 Å². The maximum atomic E-state index is 5.62. The Morgan fingerprint density at radius 3 is 2.22 bits per heavy atom. The van der Waals surface area contributed by atoms with Gasteiger partial charge in [0.1, 0.15) is 0 Å². The maximum Gasteiger partial charge on any atom is 0.0406 e. The molecule has 0 saturated carbocycles. The van der Waals surface area contributed by atoms with Gasteiger partial charge < -0.3 is 0 Å². The van der Waals surface area contributed by atoms with Crippen LogP contribution in [0.2, 0.25) is 5.02 Å². The lowest BCUT2D eigenvalue weighted by atomic mass is 10.2.